The summed E-state index contributed by atoms with van der Waals surface area (Å²) in [5, 5.41) is 13.2. The van der Waals surface area contributed by atoms with E-state index in [1.165, 1.54) is 25.7 Å². The summed E-state index contributed by atoms with van der Waals surface area (Å²) in [5.41, 5.74) is 5.48. The van der Waals surface area contributed by atoms with E-state index < -0.39 is 41.6 Å². The first kappa shape index (κ1) is 29.2. The van der Waals surface area contributed by atoms with E-state index in [2.05, 4.69) is 22.9 Å². The van der Waals surface area contributed by atoms with Crippen LogP contribution in [0.1, 0.15) is 24.5 Å². The summed E-state index contributed by atoms with van der Waals surface area (Å²) in [6.07, 6.45) is 0.193. The van der Waals surface area contributed by atoms with Gasteiger partial charge in [0, 0.05) is 37.3 Å². The first-order valence-electron chi connectivity index (χ1n) is 11.8. The minimum Gasteiger partial charge on any atom is -0.478 e. The Balaban J connectivity index is 2.37. The van der Waals surface area contributed by atoms with Crippen molar-refractivity contribution in [3.05, 3.63) is 65.7 Å². The number of benzodiazepines with no additional fused rings is 1. The number of thiol groups is 1. The Labute approximate surface area is 231 Å². The van der Waals surface area contributed by atoms with Gasteiger partial charge in [0.1, 0.15) is 0 Å². The van der Waals surface area contributed by atoms with Gasteiger partial charge in [0.15, 0.2) is 0 Å². The molecule has 12 heteroatoms. The third-order valence-electron chi connectivity index (χ3n) is 6.37. The van der Waals surface area contributed by atoms with Crippen molar-refractivity contribution in [2.24, 2.45) is 10.7 Å². The minimum atomic E-state index is -2.11. The zero-order chi connectivity index (χ0) is 28.0. The molecule has 2 aromatic rings. The summed E-state index contributed by atoms with van der Waals surface area (Å²) in [6.45, 7) is 1.24. The number of hydrogen-bond donors (Lipinski definition) is 4. The van der Waals surface area contributed by atoms with Gasteiger partial charge in [0.05, 0.1) is 17.4 Å². The molecule has 10 nitrogen and oxygen atoms in total. The Morgan fingerprint density at radius 3 is 2.42 bits per heavy atom. The number of carbonyl (C=O) groups is 4. The lowest BCUT2D eigenvalue weighted by atomic mass is 9.96. The maximum Gasteiger partial charge on any atom is 0.351 e. The van der Waals surface area contributed by atoms with Crippen molar-refractivity contribution in [3.8, 4) is 0 Å². The number of nitrogens with one attached hydrogen (secondary N) is 1. The largest absolute Gasteiger partial charge is 0.478 e. The second-order valence-electron chi connectivity index (χ2n) is 8.68. The van der Waals surface area contributed by atoms with Crippen LogP contribution in [0, 0.1) is 0 Å². The molecule has 3 amide bonds. The van der Waals surface area contributed by atoms with Crippen LogP contribution < -0.4 is 16.0 Å². The average Bonchev–Trinajstić information content (AvgIpc) is 3.03. The van der Waals surface area contributed by atoms with Crippen molar-refractivity contribution in [1.29, 1.82) is 0 Å². The van der Waals surface area contributed by atoms with E-state index >= 15 is 0 Å². The van der Waals surface area contributed by atoms with Crippen molar-refractivity contribution in [2.75, 3.05) is 29.7 Å². The maximum absolute atomic E-state index is 14.3. The summed E-state index contributed by atoms with van der Waals surface area (Å²) < 4.78 is 0. The van der Waals surface area contributed by atoms with Gasteiger partial charge < -0.3 is 21.1 Å². The summed E-state index contributed by atoms with van der Waals surface area (Å²) in [7, 11) is 1.35. The number of amides is 3. The standard InChI is InChI=1S/C26H31N5O5S2/c1-16(32)30(2)26(25(35)36,13-14-38-3)31-20-12-8-7-11-18(20)21(17-9-5-4-6-10-17)28-22(24(31)34)29-23(33)19(27)15-37/h4-12,19,22,37H,13-15,27H2,1-3H3,(H,29,33)(H,35,36)/t19?,22?,26-/m1/s1. The molecule has 0 spiro atoms. The fraction of sp³-hybridized carbons (Fsp3) is 0.346. The SMILES string of the molecule is CSCC[C@@](C(=O)O)(N(C)C(C)=O)N1C(=O)C(NC(=O)C(N)CS)N=C(c2ccccc2)c2ccccc21. The highest BCUT2D eigenvalue weighted by Crippen LogP contribution is 2.37. The zero-order valence-electron chi connectivity index (χ0n) is 21.3. The predicted octanol–water partition coefficient (Wildman–Crippen LogP) is 1.58. The van der Waals surface area contributed by atoms with E-state index in [-0.39, 0.29) is 17.9 Å². The van der Waals surface area contributed by atoms with E-state index in [9.17, 15) is 24.3 Å². The monoisotopic (exact) mass is 557 g/mol. The van der Waals surface area contributed by atoms with Crippen LogP contribution in [-0.2, 0) is 19.2 Å². The zero-order valence-corrected chi connectivity index (χ0v) is 23.0. The van der Waals surface area contributed by atoms with E-state index in [1.807, 2.05) is 6.07 Å². The molecule has 0 aromatic heterocycles. The molecule has 0 aliphatic carbocycles. The highest BCUT2D eigenvalue weighted by Gasteiger charge is 2.54. The lowest BCUT2D eigenvalue weighted by molar-refractivity contribution is -0.159. The highest BCUT2D eigenvalue weighted by molar-refractivity contribution is 7.98. The van der Waals surface area contributed by atoms with Crippen LogP contribution >= 0.6 is 24.4 Å². The number of hydrogen-bond acceptors (Lipinski definition) is 8. The molecular weight excluding hydrogens is 526 g/mol. The van der Waals surface area contributed by atoms with Crippen molar-refractivity contribution >= 4 is 59.5 Å². The van der Waals surface area contributed by atoms with E-state index in [0.29, 0.717) is 22.6 Å². The molecule has 0 radical (unpaired) electrons. The van der Waals surface area contributed by atoms with Gasteiger partial charge >= 0.3 is 5.97 Å². The number of carbonyl (C=O) groups excluding carboxylic acids is 3. The molecule has 1 aliphatic heterocycles. The molecule has 0 bridgehead atoms. The second-order valence-corrected chi connectivity index (χ2v) is 10.0. The Morgan fingerprint density at radius 2 is 1.84 bits per heavy atom. The van der Waals surface area contributed by atoms with Crippen molar-refractivity contribution in [1.82, 2.24) is 10.2 Å². The molecule has 0 saturated carbocycles. The molecule has 4 N–H and O–H groups in total. The number of aliphatic imine (C=N–C) groups is 1. The van der Waals surface area contributed by atoms with Crippen molar-refractivity contribution < 1.29 is 24.3 Å². The lowest BCUT2D eigenvalue weighted by Crippen LogP contribution is -2.70. The number of fused-ring (bicyclic) bond motifs is 1. The maximum atomic E-state index is 14.3. The summed E-state index contributed by atoms with van der Waals surface area (Å²) >= 11 is 5.45. The van der Waals surface area contributed by atoms with Crippen molar-refractivity contribution in [3.63, 3.8) is 0 Å². The van der Waals surface area contributed by atoms with E-state index in [0.717, 1.165) is 9.80 Å². The summed E-state index contributed by atoms with van der Waals surface area (Å²) in [5.74, 6) is -3.10. The number of anilines is 1. The minimum absolute atomic E-state index is 0.0196. The molecule has 2 unspecified atom stereocenters. The number of benzene rings is 2. The van der Waals surface area contributed by atoms with Gasteiger partial charge in [-0.1, -0.05) is 48.5 Å². The molecule has 0 saturated heterocycles. The number of aliphatic carboxylic acids is 1. The summed E-state index contributed by atoms with van der Waals surface area (Å²) in [4.78, 5) is 59.7. The van der Waals surface area contributed by atoms with Gasteiger partial charge in [0.2, 0.25) is 23.6 Å². The van der Waals surface area contributed by atoms with Gasteiger partial charge in [-0.15, -0.1) is 0 Å². The number of para-hydroxylation sites is 1. The fourth-order valence-electron chi connectivity index (χ4n) is 4.27. The molecule has 38 heavy (non-hydrogen) atoms. The Bertz CT molecular complexity index is 1240. The Kier molecular flexibility index (Phi) is 9.58. The van der Waals surface area contributed by atoms with Crippen molar-refractivity contribution in [2.45, 2.75) is 31.2 Å². The molecule has 0 fully saturated rings. The summed E-state index contributed by atoms with van der Waals surface area (Å²) in [6, 6.07) is 14.8. The molecule has 1 heterocycles. The Hall–Kier alpha value is -3.35. The lowest BCUT2D eigenvalue weighted by Gasteiger charge is -2.46. The Morgan fingerprint density at radius 1 is 1.21 bits per heavy atom. The van der Waals surface area contributed by atoms with Crippen LogP contribution in [0.2, 0.25) is 0 Å². The third-order valence-corrected chi connectivity index (χ3v) is 7.37. The number of nitrogens with zero attached hydrogens (tertiary/aromatic N) is 3. The van der Waals surface area contributed by atoms with Gasteiger partial charge in [-0.3, -0.25) is 19.3 Å². The molecule has 1 aliphatic rings. The van der Waals surface area contributed by atoms with Crippen LogP contribution in [0.4, 0.5) is 5.69 Å². The second kappa shape index (κ2) is 12.5. The topological polar surface area (TPSA) is 145 Å². The first-order valence-corrected chi connectivity index (χ1v) is 13.8. The van der Waals surface area contributed by atoms with Crippen LogP contribution in [0.5, 0.6) is 0 Å². The highest BCUT2D eigenvalue weighted by atomic mass is 32.2. The number of likely N-dealkylation sites (N-methyl/N-ethyl adjacent to an activating group) is 1. The van der Waals surface area contributed by atoms with Crippen LogP contribution in [0.25, 0.3) is 0 Å². The van der Waals surface area contributed by atoms with E-state index in [1.54, 1.807) is 54.8 Å². The quantitative estimate of drug-likeness (QED) is 0.325. The smallest absolute Gasteiger partial charge is 0.351 e. The first-order chi connectivity index (χ1) is 18.1. The molecule has 3 rings (SSSR count). The average molecular weight is 558 g/mol. The van der Waals surface area contributed by atoms with Gasteiger partial charge in [-0.25, -0.2) is 9.79 Å². The fourth-order valence-corrected chi connectivity index (χ4v) is 4.93. The molecule has 3 atom stereocenters. The predicted molar refractivity (Wildman–Crippen MR) is 152 cm³/mol. The number of thioether (sulfide) groups is 1. The number of carboxylic acids is 1. The van der Waals surface area contributed by atoms with Gasteiger partial charge in [-0.2, -0.15) is 24.4 Å². The van der Waals surface area contributed by atoms with E-state index in [4.69, 9.17) is 5.73 Å². The molecule has 2 aromatic carbocycles. The number of nitrogens with two attached hydrogens (primary N) is 1. The number of carboxylic acid groups (broad SMARTS) is 1. The number of rotatable bonds is 10. The van der Waals surface area contributed by atoms with Crippen LogP contribution in [0.3, 0.4) is 0 Å². The van der Waals surface area contributed by atoms with Crippen LogP contribution in [-0.4, -0.2) is 82.1 Å². The normalized spacial score (nSPS) is 17.4. The van der Waals surface area contributed by atoms with Gasteiger partial charge in [0.25, 0.3) is 5.91 Å². The third kappa shape index (κ3) is 5.57. The molecular formula is C26H31N5O5S2. The van der Waals surface area contributed by atoms with Gasteiger partial charge in [-0.05, 0) is 18.1 Å². The molecule has 202 valence electrons. The van der Waals surface area contributed by atoms with Crippen LogP contribution in [0.15, 0.2) is 59.6 Å².